The van der Waals surface area contributed by atoms with Crippen molar-refractivity contribution in [2.45, 2.75) is 32.4 Å². The summed E-state index contributed by atoms with van der Waals surface area (Å²) in [5.74, 6) is 0. The lowest BCUT2D eigenvalue weighted by Gasteiger charge is -2.24. The summed E-state index contributed by atoms with van der Waals surface area (Å²) >= 11 is 0. The van der Waals surface area contributed by atoms with Crippen LogP contribution in [0.1, 0.15) is 25.3 Å². The molecule has 1 aromatic heterocycles. The van der Waals surface area contributed by atoms with E-state index in [1.807, 2.05) is 12.4 Å². The van der Waals surface area contributed by atoms with Gasteiger partial charge in [-0.25, -0.2) is 0 Å². The molecule has 0 bridgehead atoms. The van der Waals surface area contributed by atoms with Gasteiger partial charge in [0, 0.05) is 44.6 Å². The van der Waals surface area contributed by atoms with Gasteiger partial charge in [-0.1, -0.05) is 0 Å². The SMILES string of the molecule is CC1CN(Cc2ccncc2)CC2(CC2)CN1. The van der Waals surface area contributed by atoms with Crippen LogP contribution in [0.5, 0.6) is 0 Å². The first kappa shape index (κ1) is 11.2. The molecule has 17 heavy (non-hydrogen) atoms. The van der Waals surface area contributed by atoms with Crippen LogP contribution < -0.4 is 5.32 Å². The highest BCUT2D eigenvalue weighted by molar-refractivity contribution is 5.10. The zero-order valence-electron chi connectivity index (χ0n) is 10.5. The predicted octanol–water partition coefficient (Wildman–Crippen LogP) is 1.66. The van der Waals surface area contributed by atoms with Crippen molar-refractivity contribution in [2.75, 3.05) is 19.6 Å². The Balaban J connectivity index is 1.68. The first-order valence-electron chi connectivity index (χ1n) is 6.60. The molecule has 2 heterocycles. The molecule has 1 aromatic rings. The van der Waals surface area contributed by atoms with Crippen molar-refractivity contribution in [1.82, 2.24) is 15.2 Å². The third-order valence-electron chi connectivity index (χ3n) is 4.03. The molecular weight excluding hydrogens is 210 g/mol. The highest BCUT2D eigenvalue weighted by Gasteiger charge is 2.45. The minimum Gasteiger partial charge on any atom is -0.312 e. The van der Waals surface area contributed by atoms with E-state index in [4.69, 9.17) is 0 Å². The standard InChI is InChI=1S/C14H21N3/c1-12-8-17(9-13-2-6-15-7-3-13)11-14(4-5-14)10-16-12/h2-3,6-7,12,16H,4-5,8-11H2,1H3. The molecule has 2 aliphatic rings. The highest BCUT2D eigenvalue weighted by Crippen LogP contribution is 2.46. The van der Waals surface area contributed by atoms with Crippen LogP contribution in [0, 0.1) is 5.41 Å². The summed E-state index contributed by atoms with van der Waals surface area (Å²) < 4.78 is 0. The van der Waals surface area contributed by atoms with E-state index in [0.717, 1.165) is 13.1 Å². The fourth-order valence-corrected chi connectivity index (χ4v) is 2.82. The van der Waals surface area contributed by atoms with E-state index < -0.39 is 0 Å². The maximum absolute atomic E-state index is 4.08. The Morgan fingerprint density at radius 3 is 2.88 bits per heavy atom. The second kappa shape index (κ2) is 4.39. The molecule has 0 radical (unpaired) electrons. The minimum atomic E-state index is 0.595. The summed E-state index contributed by atoms with van der Waals surface area (Å²) in [7, 11) is 0. The molecular formula is C14H21N3. The van der Waals surface area contributed by atoms with Gasteiger partial charge < -0.3 is 5.32 Å². The number of hydrogen-bond donors (Lipinski definition) is 1. The molecule has 1 saturated carbocycles. The number of aromatic nitrogens is 1. The maximum Gasteiger partial charge on any atom is 0.0271 e. The molecule has 1 saturated heterocycles. The highest BCUT2D eigenvalue weighted by atomic mass is 15.2. The lowest BCUT2D eigenvalue weighted by Crippen LogP contribution is -2.34. The molecule has 0 aromatic carbocycles. The summed E-state index contributed by atoms with van der Waals surface area (Å²) in [6.45, 7) is 6.98. The third-order valence-corrected chi connectivity index (χ3v) is 4.03. The normalized spacial score (nSPS) is 27.9. The van der Waals surface area contributed by atoms with Gasteiger partial charge in [0.05, 0.1) is 0 Å². The van der Waals surface area contributed by atoms with Gasteiger partial charge in [0.15, 0.2) is 0 Å². The van der Waals surface area contributed by atoms with E-state index >= 15 is 0 Å². The summed E-state index contributed by atoms with van der Waals surface area (Å²) in [4.78, 5) is 6.69. The summed E-state index contributed by atoms with van der Waals surface area (Å²) in [6, 6.07) is 4.86. The molecule has 3 nitrogen and oxygen atoms in total. The minimum absolute atomic E-state index is 0.595. The van der Waals surface area contributed by atoms with Crippen LogP contribution >= 0.6 is 0 Å². The van der Waals surface area contributed by atoms with E-state index in [1.165, 1.54) is 31.5 Å². The van der Waals surface area contributed by atoms with E-state index in [2.05, 4.69) is 34.3 Å². The Bertz CT molecular complexity index is 372. The van der Waals surface area contributed by atoms with E-state index in [-0.39, 0.29) is 0 Å². The molecule has 0 amide bonds. The molecule has 92 valence electrons. The second-order valence-corrected chi connectivity index (χ2v) is 5.81. The van der Waals surface area contributed by atoms with Gasteiger partial charge >= 0.3 is 0 Å². The van der Waals surface area contributed by atoms with Crippen molar-refractivity contribution in [3.8, 4) is 0 Å². The fourth-order valence-electron chi connectivity index (χ4n) is 2.82. The lowest BCUT2D eigenvalue weighted by molar-refractivity contribution is 0.230. The van der Waals surface area contributed by atoms with Crippen LogP contribution in [0.25, 0.3) is 0 Å². The van der Waals surface area contributed by atoms with Gasteiger partial charge in [-0.3, -0.25) is 9.88 Å². The number of hydrogen-bond acceptors (Lipinski definition) is 3. The van der Waals surface area contributed by atoms with Gasteiger partial charge in [-0.15, -0.1) is 0 Å². The molecule has 3 heteroatoms. The number of nitrogens with zero attached hydrogens (tertiary/aromatic N) is 2. The van der Waals surface area contributed by atoms with E-state index in [9.17, 15) is 0 Å². The van der Waals surface area contributed by atoms with Gasteiger partial charge in [0.1, 0.15) is 0 Å². The molecule has 1 aliphatic heterocycles. The smallest absolute Gasteiger partial charge is 0.0271 e. The molecule has 1 atom stereocenters. The van der Waals surface area contributed by atoms with Crippen LogP contribution in [0.4, 0.5) is 0 Å². The largest absolute Gasteiger partial charge is 0.312 e. The Labute approximate surface area is 103 Å². The molecule has 1 spiro atoms. The van der Waals surface area contributed by atoms with Crippen molar-refractivity contribution >= 4 is 0 Å². The van der Waals surface area contributed by atoms with Gasteiger partial charge in [0.2, 0.25) is 0 Å². The van der Waals surface area contributed by atoms with Gasteiger partial charge in [-0.05, 0) is 42.9 Å². The fraction of sp³-hybridized carbons (Fsp3) is 0.643. The number of nitrogens with one attached hydrogen (secondary N) is 1. The maximum atomic E-state index is 4.08. The lowest BCUT2D eigenvalue weighted by atomic mass is 10.1. The summed E-state index contributed by atoms with van der Waals surface area (Å²) in [5.41, 5.74) is 1.97. The first-order chi connectivity index (χ1) is 8.26. The number of pyridine rings is 1. The van der Waals surface area contributed by atoms with Crippen molar-refractivity contribution in [2.24, 2.45) is 5.41 Å². The Morgan fingerprint density at radius 1 is 1.41 bits per heavy atom. The molecule has 1 unspecified atom stereocenters. The molecule has 1 N–H and O–H groups in total. The predicted molar refractivity (Wildman–Crippen MR) is 68.6 cm³/mol. The van der Waals surface area contributed by atoms with Crippen LogP contribution in [-0.4, -0.2) is 35.6 Å². The average Bonchev–Trinajstić information content (AvgIpc) is 3.10. The quantitative estimate of drug-likeness (QED) is 0.839. The number of rotatable bonds is 2. The van der Waals surface area contributed by atoms with Crippen LogP contribution in [0.3, 0.4) is 0 Å². The van der Waals surface area contributed by atoms with Crippen LogP contribution in [0.15, 0.2) is 24.5 Å². The van der Waals surface area contributed by atoms with E-state index in [1.54, 1.807) is 0 Å². The van der Waals surface area contributed by atoms with Crippen molar-refractivity contribution < 1.29 is 0 Å². The summed E-state index contributed by atoms with van der Waals surface area (Å²) in [6.07, 6.45) is 6.59. The topological polar surface area (TPSA) is 28.2 Å². The first-order valence-corrected chi connectivity index (χ1v) is 6.60. The molecule has 2 fully saturated rings. The van der Waals surface area contributed by atoms with Crippen molar-refractivity contribution in [3.05, 3.63) is 30.1 Å². The Hall–Kier alpha value is -0.930. The van der Waals surface area contributed by atoms with E-state index in [0.29, 0.717) is 11.5 Å². The van der Waals surface area contributed by atoms with Crippen molar-refractivity contribution in [1.29, 1.82) is 0 Å². The van der Waals surface area contributed by atoms with Crippen molar-refractivity contribution in [3.63, 3.8) is 0 Å². The average molecular weight is 231 g/mol. The zero-order chi connectivity index (χ0) is 11.7. The van der Waals surface area contributed by atoms with Crippen LogP contribution in [0.2, 0.25) is 0 Å². The zero-order valence-corrected chi connectivity index (χ0v) is 10.5. The van der Waals surface area contributed by atoms with Crippen LogP contribution in [-0.2, 0) is 6.54 Å². The molecule has 3 rings (SSSR count). The monoisotopic (exact) mass is 231 g/mol. The second-order valence-electron chi connectivity index (χ2n) is 5.81. The summed E-state index contributed by atoms with van der Waals surface area (Å²) in [5, 5.41) is 3.66. The third kappa shape index (κ3) is 2.67. The van der Waals surface area contributed by atoms with Gasteiger partial charge in [-0.2, -0.15) is 0 Å². The molecule has 1 aliphatic carbocycles. The Kier molecular flexibility index (Phi) is 2.89. The Morgan fingerprint density at radius 2 is 2.18 bits per heavy atom. The van der Waals surface area contributed by atoms with Gasteiger partial charge in [0.25, 0.3) is 0 Å².